The minimum atomic E-state index is -0.590. The number of nitrogens with one attached hydrogen (secondary N) is 1. The zero-order valence-corrected chi connectivity index (χ0v) is 7.85. The monoisotopic (exact) mass is 199 g/mol. The highest BCUT2D eigenvalue weighted by atomic mass is 32.1. The average Bonchev–Trinajstić information content (AvgIpc) is 2.52. The van der Waals surface area contributed by atoms with Gasteiger partial charge in [-0.2, -0.15) is 0 Å². The summed E-state index contributed by atoms with van der Waals surface area (Å²) in [5, 5.41) is 4.44. The standard InChI is InChI=1S/C7H9N3O2S/c1-2-5(11)10-7-9-4(3-13-7)6(8)12/h3H,2H2,1H3,(H2,8,12)(H,9,10,11). The Morgan fingerprint density at radius 2 is 2.38 bits per heavy atom. The molecule has 0 bridgehead atoms. The first kappa shape index (κ1) is 9.66. The van der Waals surface area contributed by atoms with Gasteiger partial charge in [-0.3, -0.25) is 9.59 Å². The third kappa shape index (κ3) is 2.51. The van der Waals surface area contributed by atoms with Crippen LogP contribution in [0.2, 0.25) is 0 Å². The summed E-state index contributed by atoms with van der Waals surface area (Å²) in [5.41, 5.74) is 5.16. The number of hydrogen-bond acceptors (Lipinski definition) is 4. The van der Waals surface area contributed by atoms with Crippen LogP contribution < -0.4 is 11.1 Å². The quantitative estimate of drug-likeness (QED) is 0.747. The number of nitrogens with zero attached hydrogens (tertiary/aromatic N) is 1. The van der Waals surface area contributed by atoms with E-state index < -0.39 is 5.91 Å². The number of carbonyl (C=O) groups is 2. The number of primary amides is 1. The van der Waals surface area contributed by atoms with Crippen LogP contribution >= 0.6 is 11.3 Å². The molecule has 2 amide bonds. The van der Waals surface area contributed by atoms with E-state index in [2.05, 4.69) is 10.3 Å². The second kappa shape index (κ2) is 3.99. The molecule has 0 unspecified atom stereocenters. The third-order valence-corrected chi connectivity index (χ3v) is 2.08. The molecular weight excluding hydrogens is 190 g/mol. The Morgan fingerprint density at radius 3 is 2.85 bits per heavy atom. The summed E-state index contributed by atoms with van der Waals surface area (Å²) in [4.78, 5) is 25.3. The van der Waals surface area contributed by atoms with E-state index in [1.807, 2.05) is 0 Å². The maximum atomic E-state index is 10.9. The number of anilines is 1. The fourth-order valence-electron chi connectivity index (χ4n) is 0.652. The van der Waals surface area contributed by atoms with Gasteiger partial charge in [0.1, 0.15) is 5.69 Å². The normalized spacial score (nSPS) is 9.62. The van der Waals surface area contributed by atoms with E-state index in [1.165, 1.54) is 16.7 Å². The Labute approximate surface area is 79.0 Å². The number of nitrogens with two attached hydrogens (primary N) is 1. The summed E-state index contributed by atoms with van der Waals surface area (Å²) in [6, 6.07) is 0. The van der Waals surface area contributed by atoms with Crippen molar-refractivity contribution < 1.29 is 9.59 Å². The summed E-state index contributed by atoms with van der Waals surface area (Å²) in [6.07, 6.45) is 0.380. The van der Waals surface area contributed by atoms with Crippen LogP contribution in [0.1, 0.15) is 23.8 Å². The predicted octanol–water partition coefficient (Wildman–Crippen LogP) is 0.590. The first-order valence-corrected chi connectivity index (χ1v) is 4.56. The molecule has 0 fully saturated rings. The van der Waals surface area contributed by atoms with Crippen LogP contribution in [0, 0.1) is 0 Å². The van der Waals surface area contributed by atoms with Gasteiger partial charge in [-0.1, -0.05) is 6.92 Å². The summed E-state index contributed by atoms with van der Waals surface area (Å²) in [6.45, 7) is 1.73. The van der Waals surface area contributed by atoms with Crippen molar-refractivity contribution >= 4 is 28.3 Å². The van der Waals surface area contributed by atoms with Gasteiger partial charge in [0.2, 0.25) is 5.91 Å². The molecule has 6 heteroatoms. The molecule has 0 radical (unpaired) electrons. The van der Waals surface area contributed by atoms with E-state index in [4.69, 9.17) is 5.73 Å². The molecule has 0 atom stereocenters. The molecule has 1 heterocycles. The summed E-state index contributed by atoms with van der Waals surface area (Å²) < 4.78 is 0. The van der Waals surface area contributed by atoms with Crippen LogP contribution in [0.25, 0.3) is 0 Å². The lowest BCUT2D eigenvalue weighted by molar-refractivity contribution is -0.115. The van der Waals surface area contributed by atoms with Gasteiger partial charge in [0.15, 0.2) is 5.13 Å². The van der Waals surface area contributed by atoms with Crippen molar-refractivity contribution in [1.29, 1.82) is 0 Å². The number of aromatic nitrogens is 1. The number of hydrogen-bond donors (Lipinski definition) is 2. The molecule has 1 aromatic heterocycles. The highest BCUT2D eigenvalue weighted by molar-refractivity contribution is 7.14. The molecule has 0 spiro atoms. The third-order valence-electron chi connectivity index (χ3n) is 1.32. The summed E-state index contributed by atoms with van der Waals surface area (Å²) in [7, 11) is 0. The van der Waals surface area contributed by atoms with Gasteiger partial charge in [-0.15, -0.1) is 11.3 Å². The maximum absolute atomic E-state index is 10.9. The minimum Gasteiger partial charge on any atom is -0.364 e. The number of carbonyl (C=O) groups excluding carboxylic acids is 2. The van der Waals surface area contributed by atoms with Crippen molar-refractivity contribution in [2.75, 3.05) is 5.32 Å². The van der Waals surface area contributed by atoms with Crippen molar-refractivity contribution in [2.24, 2.45) is 5.73 Å². The molecule has 70 valence electrons. The smallest absolute Gasteiger partial charge is 0.268 e. The van der Waals surface area contributed by atoms with E-state index in [1.54, 1.807) is 6.92 Å². The number of thiazole rings is 1. The van der Waals surface area contributed by atoms with Gasteiger partial charge in [0, 0.05) is 11.8 Å². The lowest BCUT2D eigenvalue weighted by Gasteiger charge is -1.95. The van der Waals surface area contributed by atoms with E-state index in [0.29, 0.717) is 11.6 Å². The average molecular weight is 199 g/mol. The first-order chi connectivity index (χ1) is 6.13. The second-order valence-corrected chi connectivity index (χ2v) is 3.16. The second-order valence-electron chi connectivity index (χ2n) is 2.30. The molecule has 0 aliphatic carbocycles. The largest absolute Gasteiger partial charge is 0.364 e. The fourth-order valence-corrected chi connectivity index (χ4v) is 1.37. The lowest BCUT2D eigenvalue weighted by atomic mass is 10.5. The van der Waals surface area contributed by atoms with E-state index in [9.17, 15) is 9.59 Å². The zero-order chi connectivity index (χ0) is 9.84. The Hall–Kier alpha value is -1.43. The van der Waals surface area contributed by atoms with Crippen LogP contribution in [-0.2, 0) is 4.79 Å². The van der Waals surface area contributed by atoms with Gasteiger partial charge < -0.3 is 11.1 Å². The topological polar surface area (TPSA) is 85.1 Å². The van der Waals surface area contributed by atoms with E-state index in [0.717, 1.165) is 0 Å². The Bertz CT molecular complexity index is 334. The summed E-state index contributed by atoms with van der Waals surface area (Å²) >= 11 is 1.18. The van der Waals surface area contributed by atoms with Crippen molar-refractivity contribution in [3.63, 3.8) is 0 Å². The van der Waals surface area contributed by atoms with Crippen molar-refractivity contribution in [2.45, 2.75) is 13.3 Å². The number of amides is 2. The Morgan fingerprint density at radius 1 is 1.69 bits per heavy atom. The van der Waals surface area contributed by atoms with Crippen LogP contribution in [0.5, 0.6) is 0 Å². The first-order valence-electron chi connectivity index (χ1n) is 3.68. The van der Waals surface area contributed by atoms with Crippen molar-refractivity contribution in [1.82, 2.24) is 4.98 Å². The molecule has 1 rings (SSSR count). The van der Waals surface area contributed by atoms with Gasteiger partial charge in [0.25, 0.3) is 5.91 Å². The van der Waals surface area contributed by atoms with E-state index in [-0.39, 0.29) is 11.6 Å². The van der Waals surface area contributed by atoms with Gasteiger partial charge >= 0.3 is 0 Å². The molecular formula is C7H9N3O2S. The minimum absolute atomic E-state index is 0.134. The fraction of sp³-hybridized carbons (Fsp3) is 0.286. The molecule has 3 N–H and O–H groups in total. The van der Waals surface area contributed by atoms with Crippen LogP contribution in [0.3, 0.4) is 0 Å². The van der Waals surface area contributed by atoms with Gasteiger partial charge in [0.05, 0.1) is 0 Å². The predicted molar refractivity (Wildman–Crippen MR) is 49.6 cm³/mol. The zero-order valence-electron chi connectivity index (χ0n) is 7.03. The Balaban J connectivity index is 2.69. The van der Waals surface area contributed by atoms with E-state index >= 15 is 0 Å². The lowest BCUT2D eigenvalue weighted by Crippen LogP contribution is -2.13. The Kier molecular flexibility index (Phi) is 2.97. The summed E-state index contributed by atoms with van der Waals surface area (Å²) in [5.74, 6) is -0.724. The van der Waals surface area contributed by atoms with Crippen molar-refractivity contribution in [3.05, 3.63) is 11.1 Å². The van der Waals surface area contributed by atoms with Crippen molar-refractivity contribution in [3.8, 4) is 0 Å². The molecule has 0 aliphatic heterocycles. The van der Waals surface area contributed by atoms with Gasteiger partial charge in [-0.25, -0.2) is 4.98 Å². The molecule has 5 nitrogen and oxygen atoms in total. The van der Waals surface area contributed by atoms with Crippen LogP contribution in [0.15, 0.2) is 5.38 Å². The maximum Gasteiger partial charge on any atom is 0.268 e. The number of rotatable bonds is 3. The van der Waals surface area contributed by atoms with Crippen LogP contribution in [-0.4, -0.2) is 16.8 Å². The molecule has 0 saturated carbocycles. The highest BCUT2D eigenvalue weighted by Gasteiger charge is 2.07. The highest BCUT2D eigenvalue weighted by Crippen LogP contribution is 2.14. The molecule has 0 saturated heterocycles. The van der Waals surface area contributed by atoms with Gasteiger partial charge in [-0.05, 0) is 0 Å². The SMILES string of the molecule is CCC(=O)Nc1nc(C(N)=O)cs1. The molecule has 0 aromatic carbocycles. The van der Waals surface area contributed by atoms with Crippen LogP contribution in [0.4, 0.5) is 5.13 Å². The molecule has 1 aromatic rings. The molecule has 0 aliphatic rings. The molecule has 13 heavy (non-hydrogen) atoms.